The third-order valence-corrected chi connectivity index (χ3v) is 1.82. The van der Waals surface area contributed by atoms with Crippen LogP contribution in [0.25, 0.3) is 0 Å². The van der Waals surface area contributed by atoms with Crippen LogP contribution in [0.1, 0.15) is 32.6 Å². The van der Waals surface area contributed by atoms with Gasteiger partial charge in [0.1, 0.15) is 6.61 Å². The van der Waals surface area contributed by atoms with Crippen molar-refractivity contribution in [3.8, 4) is 0 Å². The number of carbonyl (C=O) groups excluding carboxylic acids is 1. The van der Waals surface area contributed by atoms with E-state index in [0.717, 1.165) is 12.8 Å². The Hall–Kier alpha value is -0.370. The molecule has 0 aromatic rings. The van der Waals surface area contributed by atoms with Crippen LogP contribution < -0.4 is 0 Å². The van der Waals surface area contributed by atoms with Gasteiger partial charge in [-0.15, -0.1) is 0 Å². The normalized spacial score (nSPS) is 19.7. The predicted octanol–water partition coefficient (Wildman–Crippen LogP) is 1.53. The molecule has 0 aromatic heterocycles. The Labute approximate surface area is 61.6 Å². The molecule has 1 rings (SSSR count). The average Bonchev–Trinajstić information content (AvgIpc) is 2.34. The van der Waals surface area contributed by atoms with Crippen LogP contribution in [0.4, 0.5) is 0 Å². The van der Waals surface area contributed by atoms with Crippen LogP contribution in [-0.2, 0) is 9.53 Å². The molecule has 0 heterocycles. The van der Waals surface area contributed by atoms with Gasteiger partial charge in [-0.3, -0.25) is 4.79 Å². The van der Waals surface area contributed by atoms with Gasteiger partial charge in [-0.05, 0) is 19.8 Å². The van der Waals surface area contributed by atoms with Crippen molar-refractivity contribution in [1.29, 1.82) is 0 Å². The Morgan fingerprint density at radius 2 is 2.10 bits per heavy atom. The molecule has 2 nitrogen and oxygen atoms in total. The van der Waals surface area contributed by atoms with Crippen molar-refractivity contribution in [2.24, 2.45) is 0 Å². The van der Waals surface area contributed by atoms with Gasteiger partial charge in [0.25, 0.3) is 0 Å². The SMILES string of the molecule is CC(=O)COC1CCCC1. The first-order valence-electron chi connectivity index (χ1n) is 3.90. The summed E-state index contributed by atoms with van der Waals surface area (Å²) in [6.07, 6.45) is 5.20. The van der Waals surface area contributed by atoms with Crippen LogP contribution in [0.5, 0.6) is 0 Å². The molecule has 0 spiro atoms. The Kier molecular flexibility index (Phi) is 2.87. The van der Waals surface area contributed by atoms with Crippen LogP contribution >= 0.6 is 0 Å². The zero-order chi connectivity index (χ0) is 7.40. The van der Waals surface area contributed by atoms with E-state index in [-0.39, 0.29) is 5.78 Å². The van der Waals surface area contributed by atoms with Crippen molar-refractivity contribution in [3.63, 3.8) is 0 Å². The molecular weight excluding hydrogens is 128 g/mol. The van der Waals surface area contributed by atoms with Gasteiger partial charge in [-0.2, -0.15) is 0 Å². The van der Waals surface area contributed by atoms with E-state index in [2.05, 4.69) is 0 Å². The summed E-state index contributed by atoms with van der Waals surface area (Å²) in [5.41, 5.74) is 0. The van der Waals surface area contributed by atoms with E-state index in [9.17, 15) is 4.79 Å². The lowest BCUT2D eigenvalue weighted by Gasteiger charge is -2.07. The van der Waals surface area contributed by atoms with Crippen molar-refractivity contribution in [3.05, 3.63) is 0 Å². The maximum Gasteiger partial charge on any atom is 0.155 e. The van der Waals surface area contributed by atoms with E-state index in [1.807, 2.05) is 0 Å². The Bertz CT molecular complexity index is 114. The monoisotopic (exact) mass is 142 g/mol. The molecule has 2 heteroatoms. The summed E-state index contributed by atoms with van der Waals surface area (Å²) < 4.78 is 5.31. The minimum absolute atomic E-state index is 0.131. The zero-order valence-corrected chi connectivity index (χ0v) is 6.43. The van der Waals surface area contributed by atoms with Gasteiger partial charge in [-0.25, -0.2) is 0 Å². The van der Waals surface area contributed by atoms with E-state index in [1.165, 1.54) is 12.8 Å². The maximum atomic E-state index is 10.5. The maximum absolute atomic E-state index is 10.5. The molecule has 0 N–H and O–H groups in total. The molecule has 0 radical (unpaired) electrons. The van der Waals surface area contributed by atoms with E-state index < -0.39 is 0 Å². The molecule has 0 amide bonds. The number of Topliss-reactive ketones (excluding diaryl/α,β-unsaturated/α-hetero) is 1. The Morgan fingerprint density at radius 1 is 1.50 bits per heavy atom. The highest BCUT2D eigenvalue weighted by Crippen LogP contribution is 2.20. The number of ether oxygens (including phenoxy) is 1. The molecule has 1 aliphatic carbocycles. The quantitative estimate of drug-likeness (QED) is 0.597. The predicted molar refractivity (Wildman–Crippen MR) is 38.9 cm³/mol. The number of carbonyl (C=O) groups is 1. The molecule has 0 aliphatic heterocycles. The summed E-state index contributed by atoms with van der Waals surface area (Å²) in [5.74, 6) is 0.131. The van der Waals surface area contributed by atoms with Crippen LogP contribution in [0.2, 0.25) is 0 Å². The fraction of sp³-hybridized carbons (Fsp3) is 0.875. The molecule has 58 valence electrons. The molecule has 0 bridgehead atoms. The molecule has 0 aromatic carbocycles. The van der Waals surface area contributed by atoms with E-state index in [4.69, 9.17) is 4.74 Å². The number of ketones is 1. The van der Waals surface area contributed by atoms with Gasteiger partial charge in [0.15, 0.2) is 5.78 Å². The fourth-order valence-electron chi connectivity index (χ4n) is 1.29. The van der Waals surface area contributed by atoms with Crippen molar-refractivity contribution < 1.29 is 9.53 Å². The summed E-state index contributed by atoms with van der Waals surface area (Å²) >= 11 is 0. The third kappa shape index (κ3) is 2.48. The van der Waals surface area contributed by atoms with Crippen molar-refractivity contribution in [2.75, 3.05) is 6.61 Å². The largest absolute Gasteiger partial charge is 0.370 e. The number of hydrogen-bond donors (Lipinski definition) is 0. The highest BCUT2D eigenvalue weighted by Gasteiger charge is 2.15. The second-order valence-electron chi connectivity index (χ2n) is 2.92. The lowest BCUT2D eigenvalue weighted by atomic mass is 10.3. The molecule has 0 saturated heterocycles. The third-order valence-electron chi connectivity index (χ3n) is 1.82. The lowest BCUT2D eigenvalue weighted by Crippen LogP contribution is -2.12. The molecule has 0 unspecified atom stereocenters. The van der Waals surface area contributed by atoms with Crippen LogP contribution in [-0.4, -0.2) is 18.5 Å². The summed E-state index contributed by atoms with van der Waals surface area (Å²) in [7, 11) is 0. The number of hydrogen-bond acceptors (Lipinski definition) is 2. The smallest absolute Gasteiger partial charge is 0.155 e. The standard InChI is InChI=1S/C8H14O2/c1-7(9)6-10-8-4-2-3-5-8/h8H,2-6H2,1H3. The number of rotatable bonds is 3. The van der Waals surface area contributed by atoms with Gasteiger partial charge in [0.05, 0.1) is 6.10 Å². The van der Waals surface area contributed by atoms with Crippen molar-refractivity contribution in [1.82, 2.24) is 0 Å². The first kappa shape index (κ1) is 7.73. The minimum atomic E-state index is 0.131. The van der Waals surface area contributed by atoms with Gasteiger partial charge in [-0.1, -0.05) is 12.8 Å². The highest BCUT2D eigenvalue weighted by atomic mass is 16.5. The van der Waals surface area contributed by atoms with Crippen molar-refractivity contribution >= 4 is 5.78 Å². The van der Waals surface area contributed by atoms with Gasteiger partial charge in [0, 0.05) is 0 Å². The first-order chi connectivity index (χ1) is 4.79. The topological polar surface area (TPSA) is 26.3 Å². The first-order valence-corrected chi connectivity index (χ1v) is 3.90. The Balaban J connectivity index is 2.07. The minimum Gasteiger partial charge on any atom is -0.370 e. The van der Waals surface area contributed by atoms with E-state index in [1.54, 1.807) is 6.92 Å². The fourth-order valence-corrected chi connectivity index (χ4v) is 1.29. The molecule has 1 aliphatic rings. The van der Waals surface area contributed by atoms with E-state index in [0.29, 0.717) is 12.7 Å². The molecular formula is C8H14O2. The van der Waals surface area contributed by atoms with Gasteiger partial charge < -0.3 is 4.74 Å². The molecule has 0 atom stereocenters. The second-order valence-corrected chi connectivity index (χ2v) is 2.92. The lowest BCUT2D eigenvalue weighted by molar-refractivity contribution is -0.123. The van der Waals surface area contributed by atoms with Gasteiger partial charge in [0.2, 0.25) is 0 Å². The average molecular weight is 142 g/mol. The highest BCUT2D eigenvalue weighted by molar-refractivity contribution is 5.76. The van der Waals surface area contributed by atoms with Crippen LogP contribution in [0.3, 0.4) is 0 Å². The summed E-state index contributed by atoms with van der Waals surface area (Å²) in [6, 6.07) is 0. The molecule has 1 fully saturated rings. The van der Waals surface area contributed by atoms with Crippen LogP contribution in [0.15, 0.2) is 0 Å². The molecule has 1 saturated carbocycles. The summed E-state index contributed by atoms with van der Waals surface area (Å²) in [4.78, 5) is 10.5. The van der Waals surface area contributed by atoms with E-state index >= 15 is 0 Å². The summed E-state index contributed by atoms with van der Waals surface area (Å²) in [6.45, 7) is 1.87. The van der Waals surface area contributed by atoms with Gasteiger partial charge >= 0.3 is 0 Å². The molecule has 10 heavy (non-hydrogen) atoms. The zero-order valence-electron chi connectivity index (χ0n) is 6.43. The second kappa shape index (κ2) is 3.71. The summed E-state index contributed by atoms with van der Waals surface area (Å²) in [5, 5.41) is 0. The Morgan fingerprint density at radius 3 is 2.60 bits per heavy atom. The van der Waals surface area contributed by atoms with Crippen LogP contribution in [0, 0.1) is 0 Å². The van der Waals surface area contributed by atoms with Crippen molar-refractivity contribution in [2.45, 2.75) is 38.7 Å².